The summed E-state index contributed by atoms with van der Waals surface area (Å²) in [5.74, 6) is 0.849. The first-order valence-corrected chi connectivity index (χ1v) is 9.40. The van der Waals surface area contributed by atoms with Gasteiger partial charge in [0.05, 0.1) is 12.3 Å². The van der Waals surface area contributed by atoms with Gasteiger partial charge in [0, 0.05) is 25.2 Å². The summed E-state index contributed by atoms with van der Waals surface area (Å²) < 4.78 is 5.71. The van der Waals surface area contributed by atoms with Crippen LogP contribution in [0.5, 0.6) is 0 Å². The van der Waals surface area contributed by atoms with Gasteiger partial charge >= 0.3 is 0 Å². The molecule has 1 amide bonds. The molecule has 1 aliphatic rings. The number of furan rings is 1. The molecule has 138 valence electrons. The van der Waals surface area contributed by atoms with Crippen LogP contribution in [0.3, 0.4) is 0 Å². The van der Waals surface area contributed by atoms with Crippen LogP contribution in [0.4, 0.5) is 0 Å². The van der Waals surface area contributed by atoms with E-state index in [1.54, 1.807) is 6.26 Å². The fourth-order valence-electron chi connectivity index (χ4n) is 3.79. The topological polar surface area (TPSA) is 45.5 Å². The Kier molecular flexibility index (Phi) is 5.07. The molecule has 0 bridgehead atoms. The summed E-state index contributed by atoms with van der Waals surface area (Å²) in [6, 6.07) is 20.2. The van der Waals surface area contributed by atoms with Gasteiger partial charge in [-0.2, -0.15) is 0 Å². The Morgan fingerprint density at radius 1 is 1.07 bits per heavy atom. The fourth-order valence-corrected chi connectivity index (χ4v) is 3.79. The van der Waals surface area contributed by atoms with Crippen LogP contribution < -0.4 is 5.32 Å². The molecule has 0 saturated carbocycles. The Hall–Kier alpha value is -2.85. The molecule has 27 heavy (non-hydrogen) atoms. The fraction of sp³-hybridized carbons (Fsp3) is 0.261. The number of benzene rings is 2. The van der Waals surface area contributed by atoms with E-state index in [0.717, 1.165) is 36.4 Å². The van der Waals surface area contributed by atoms with E-state index in [0.29, 0.717) is 6.54 Å². The summed E-state index contributed by atoms with van der Waals surface area (Å²) in [6.07, 6.45) is 2.71. The third-order valence-electron chi connectivity index (χ3n) is 5.32. The molecule has 1 aliphatic heterocycles. The number of aryl methyl sites for hydroxylation is 1. The number of amides is 1. The zero-order valence-corrected chi connectivity index (χ0v) is 15.5. The quantitative estimate of drug-likeness (QED) is 0.744. The van der Waals surface area contributed by atoms with Crippen LogP contribution >= 0.6 is 0 Å². The van der Waals surface area contributed by atoms with Crippen molar-refractivity contribution in [1.82, 2.24) is 10.2 Å². The zero-order chi connectivity index (χ0) is 18.6. The summed E-state index contributed by atoms with van der Waals surface area (Å²) in [5, 5.41) is 3.11. The van der Waals surface area contributed by atoms with Gasteiger partial charge in [0.1, 0.15) is 5.76 Å². The second-order valence-electron chi connectivity index (χ2n) is 7.05. The van der Waals surface area contributed by atoms with Gasteiger partial charge in [0.15, 0.2) is 0 Å². The van der Waals surface area contributed by atoms with Crippen molar-refractivity contribution < 1.29 is 9.21 Å². The molecule has 2 heterocycles. The Labute approximate surface area is 159 Å². The molecule has 0 aliphatic carbocycles. The number of fused-ring (bicyclic) bond motifs is 1. The lowest BCUT2D eigenvalue weighted by Crippen LogP contribution is -2.40. The molecule has 1 aromatic heterocycles. The molecule has 4 heteroatoms. The van der Waals surface area contributed by atoms with Gasteiger partial charge in [0.25, 0.3) is 5.91 Å². The van der Waals surface area contributed by atoms with Gasteiger partial charge in [-0.15, -0.1) is 0 Å². The van der Waals surface area contributed by atoms with Crippen molar-refractivity contribution >= 4 is 5.91 Å². The highest BCUT2D eigenvalue weighted by Gasteiger charge is 2.27. The van der Waals surface area contributed by atoms with Gasteiger partial charge in [-0.3, -0.25) is 9.69 Å². The Bertz CT molecular complexity index is 918. The molecule has 2 aromatic carbocycles. The zero-order valence-electron chi connectivity index (χ0n) is 15.5. The van der Waals surface area contributed by atoms with E-state index >= 15 is 0 Å². The van der Waals surface area contributed by atoms with Crippen LogP contribution in [-0.4, -0.2) is 23.9 Å². The second-order valence-corrected chi connectivity index (χ2v) is 7.05. The van der Waals surface area contributed by atoms with Crippen LogP contribution in [0.1, 0.15) is 38.9 Å². The van der Waals surface area contributed by atoms with Crippen molar-refractivity contribution in [2.24, 2.45) is 0 Å². The van der Waals surface area contributed by atoms with Crippen molar-refractivity contribution in [3.63, 3.8) is 0 Å². The predicted octanol–water partition coefficient (Wildman–Crippen LogP) is 4.12. The minimum Gasteiger partial charge on any atom is -0.468 e. The van der Waals surface area contributed by atoms with Crippen LogP contribution in [0.15, 0.2) is 71.3 Å². The maximum absolute atomic E-state index is 12.7. The number of hydrogen-bond acceptors (Lipinski definition) is 3. The van der Waals surface area contributed by atoms with Crippen molar-refractivity contribution in [3.8, 4) is 0 Å². The SMILES string of the molecule is Cc1ccccc1C(=O)NC[C@@H](c1ccco1)N1CCc2ccccc2C1. The minimum atomic E-state index is -0.0398. The molecule has 0 radical (unpaired) electrons. The Morgan fingerprint density at radius 3 is 2.63 bits per heavy atom. The van der Waals surface area contributed by atoms with E-state index in [1.807, 2.05) is 43.3 Å². The average Bonchev–Trinajstić information content (AvgIpc) is 3.23. The number of hydrogen-bond donors (Lipinski definition) is 1. The minimum absolute atomic E-state index is 0.0151. The third-order valence-corrected chi connectivity index (χ3v) is 5.32. The number of nitrogens with one attached hydrogen (secondary N) is 1. The normalized spacial score (nSPS) is 15.1. The van der Waals surface area contributed by atoms with E-state index in [-0.39, 0.29) is 11.9 Å². The molecule has 0 saturated heterocycles. The summed E-state index contributed by atoms with van der Waals surface area (Å²) in [7, 11) is 0. The lowest BCUT2D eigenvalue weighted by atomic mass is 9.98. The molecule has 3 aromatic rings. The first-order chi connectivity index (χ1) is 13.2. The van der Waals surface area contributed by atoms with E-state index in [2.05, 4.69) is 34.5 Å². The van der Waals surface area contributed by atoms with Gasteiger partial charge in [-0.25, -0.2) is 0 Å². The second kappa shape index (κ2) is 7.80. The Balaban J connectivity index is 1.51. The van der Waals surface area contributed by atoms with Crippen molar-refractivity contribution in [2.75, 3.05) is 13.1 Å². The smallest absolute Gasteiger partial charge is 0.251 e. The highest BCUT2D eigenvalue weighted by atomic mass is 16.3. The number of nitrogens with zero attached hydrogens (tertiary/aromatic N) is 1. The molecular weight excluding hydrogens is 336 g/mol. The van der Waals surface area contributed by atoms with Gasteiger partial charge in [0.2, 0.25) is 0 Å². The maximum atomic E-state index is 12.7. The monoisotopic (exact) mass is 360 g/mol. The van der Waals surface area contributed by atoms with Crippen LogP contribution in [0, 0.1) is 6.92 Å². The van der Waals surface area contributed by atoms with Crippen LogP contribution in [-0.2, 0) is 13.0 Å². The third kappa shape index (κ3) is 3.81. The summed E-state index contributed by atoms with van der Waals surface area (Å²) in [6.45, 7) is 4.29. The summed E-state index contributed by atoms with van der Waals surface area (Å²) in [5.41, 5.74) is 4.47. The summed E-state index contributed by atoms with van der Waals surface area (Å²) in [4.78, 5) is 15.0. The van der Waals surface area contributed by atoms with Crippen molar-refractivity contribution in [1.29, 1.82) is 0 Å². The van der Waals surface area contributed by atoms with E-state index < -0.39 is 0 Å². The van der Waals surface area contributed by atoms with Crippen molar-refractivity contribution in [2.45, 2.75) is 25.9 Å². The first kappa shape index (κ1) is 17.6. The molecule has 4 rings (SSSR count). The molecule has 4 nitrogen and oxygen atoms in total. The summed E-state index contributed by atoms with van der Waals surface area (Å²) >= 11 is 0. The van der Waals surface area contributed by atoms with Gasteiger partial charge in [-0.05, 0) is 48.2 Å². The molecule has 0 spiro atoms. The van der Waals surface area contributed by atoms with Gasteiger partial charge < -0.3 is 9.73 Å². The van der Waals surface area contributed by atoms with E-state index in [9.17, 15) is 4.79 Å². The van der Waals surface area contributed by atoms with Crippen LogP contribution in [0.2, 0.25) is 0 Å². The predicted molar refractivity (Wildman–Crippen MR) is 106 cm³/mol. The number of carbonyl (C=O) groups excluding carboxylic acids is 1. The number of carbonyl (C=O) groups is 1. The lowest BCUT2D eigenvalue weighted by Gasteiger charge is -2.34. The molecular formula is C23H24N2O2. The largest absolute Gasteiger partial charge is 0.468 e. The molecule has 1 atom stereocenters. The first-order valence-electron chi connectivity index (χ1n) is 9.40. The Morgan fingerprint density at radius 2 is 1.85 bits per heavy atom. The maximum Gasteiger partial charge on any atom is 0.251 e. The number of rotatable bonds is 5. The van der Waals surface area contributed by atoms with Crippen molar-refractivity contribution in [3.05, 3.63) is 94.9 Å². The molecule has 1 N–H and O–H groups in total. The highest BCUT2D eigenvalue weighted by molar-refractivity contribution is 5.95. The highest BCUT2D eigenvalue weighted by Crippen LogP contribution is 2.28. The standard InChI is InChI=1S/C23H24N2O2/c1-17-7-2-5-10-20(17)23(26)24-15-21(22-11-6-14-27-22)25-13-12-18-8-3-4-9-19(18)16-25/h2-11,14,21H,12-13,15-16H2,1H3,(H,24,26)/t21-/m0/s1. The van der Waals surface area contributed by atoms with Gasteiger partial charge in [-0.1, -0.05) is 42.5 Å². The lowest BCUT2D eigenvalue weighted by molar-refractivity contribution is 0.0918. The van der Waals surface area contributed by atoms with Crippen LogP contribution in [0.25, 0.3) is 0 Å². The van der Waals surface area contributed by atoms with E-state index in [1.165, 1.54) is 11.1 Å². The average molecular weight is 360 g/mol. The molecule has 0 fully saturated rings. The van der Waals surface area contributed by atoms with E-state index in [4.69, 9.17) is 4.42 Å². The molecule has 0 unspecified atom stereocenters.